The van der Waals surface area contributed by atoms with Gasteiger partial charge in [-0.1, -0.05) is 48.0 Å². The molecule has 0 aliphatic carbocycles. The molecule has 2 N–H and O–H groups in total. The second-order valence-electron chi connectivity index (χ2n) is 8.91. The lowest BCUT2D eigenvalue weighted by molar-refractivity contribution is -0.131. The van der Waals surface area contributed by atoms with Crippen LogP contribution in [0.1, 0.15) is 5.56 Å². The number of ether oxygens (including phenoxy) is 3. The highest BCUT2D eigenvalue weighted by Crippen LogP contribution is 2.41. The molecule has 0 unspecified atom stereocenters. The van der Waals surface area contributed by atoms with Gasteiger partial charge in [-0.3, -0.25) is 9.69 Å². The van der Waals surface area contributed by atoms with Crippen LogP contribution in [0.25, 0.3) is 22.3 Å². The summed E-state index contributed by atoms with van der Waals surface area (Å²) in [5, 5.41) is 0.671. The topological polar surface area (TPSA) is 77.3 Å². The van der Waals surface area contributed by atoms with E-state index in [-0.39, 0.29) is 12.5 Å². The minimum atomic E-state index is 0.00643. The van der Waals surface area contributed by atoms with Crippen molar-refractivity contribution in [2.75, 3.05) is 53.0 Å². The molecular weight excluding hydrogens is 478 g/mol. The van der Waals surface area contributed by atoms with Gasteiger partial charge in [0.05, 0.1) is 18.7 Å². The Morgan fingerprint density at radius 2 is 1.61 bits per heavy atom. The Hall–Kier alpha value is -3.26. The number of methoxy groups -OCH3 is 1. The maximum atomic E-state index is 11.8. The monoisotopic (exact) mass is 507 g/mol. The van der Waals surface area contributed by atoms with Crippen LogP contribution in [0.5, 0.6) is 17.2 Å². The van der Waals surface area contributed by atoms with E-state index in [1.807, 2.05) is 47.4 Å². The van der Waals surface area contributed by atoms with Crippen molar-refractivity contribution in [1.82, 2.24) is 9.80 Å². The number of rotatable bonds is 6. The number of nitrogens with zero attached hydrogens (tertiary/aromatic N) is 2. The molecule has 36 heavy (non-hydrogen) atoms. The number of carbonyl (C=O) groups excluding carboxylic acids is 1. The van der Waals surface area contributed by atoms with E-state index in [2.05, 4.69) is 17.0 Å². The Morgan fingerprint density at radius 1 is 0.944 bits per heavy atom. The molecule has 0 atom stereocenters. The molecule has 1 amide bonds. The number of hydrogen-bond donors (Lipinski definition) is 1. The maximum Gasteiger partial charge on any atom is 0.236 e. The minimum Gasteiger partial charge on any atom is -0.496 e. The van der Waals surface area contributed by atoms with Crippen LogP contribution >= 0.6 is 11.6 Å². The molecule has 188 valence electrons. The van der Waals surface area contributed by atoms with Crippen molar-refractivity contribution in [3.8, 4) is 39.5 Å². The van der Waals surface area contributed by atoms with E-state index in [0.717, 1.165) is 64.7 Å². The van der Waals surface area contributed by atoms with Crippen molar-refractivity contribution < 1.29 is 19.0 Å². The highest BCUT2D eigenvalue weighted by atomic mass is 35.5. The fraction of sp³-hybridized carbons (Fsp3) is 0.321. The van der Waals surface area contributed by atoms with E-state index in [1.165, 1.54) is 0 Å². The number of benzene rings is 3. The summed E-state index contributed by atoms with van der Waals surface area (Å²) in [6.45, 7) is 4.91. The van der Waals surface area contributed by atoms with E-state index in [9.17, 15) is 4.79 Å². The van der Waals surface area contributed by atoms with Crippen LogP contribution in [0.2, 0.25) is 5.02 Å². The van der Waals surface area contributed by atoms with Crippen LogP contribution in [0.3, 0.4) is 0 Å². The van der Waals surface area contributed by atoms with Gasteiger partial charge in [0.2, 0.25) is 5.91 Å². The minimum absolute atomic E-state index is 0.00643. The summed E-state index contributed by atoms with van der Waals surface area (Å²) in [6, 6.07) is 18.2. The lowest BCUT2D eigenvalue weighted by atomic mass is 9.97. The van der Waals surface area contributed by atoms with Gasteiger partial charge >= 0.3 is 0 Å². The fourth-order valence-corrected chi connectivity index (χ4v) is 5.10. The van der Waals surface area contributed by atoms with Crippen molar-refractivity contribution in [2.45, 2.75) is 6.54 Å². The first-order valence-electron chi connectivity index (χ1n) is 12.1. The van der Waals surface area contributed by atoms with Gasteiger partial charge in [-0.2, -0.15) is 0 Å². The van der Waals surface area contributed by atoms with E-state index in [0.29, 0.717) is 31.3 Å². The first-order chi connectivity index (χ1) is 17.6. The summed E-state index contributed by atoms with van der Waals surface area (Å²) >= 11 is 6.94. The molecule has 3 aromatic carbocycles. The molecule has 0 saturated carbocycles. The lowest BCUT2D eigenvalue weighted by Gasteiger charge is -2.34. The molecule has 3 aromatic rings. The van der Waals surface area contributed by atoms with Gasteiger partial charge in [0.25, 0.3) is 0 Å². The third-order valence-electron chi connectivity index (χ3n) is 6.74. The molecule has 1 fully saturated rings. The smallest absolute Gasteiger partial charge is 0.236 e. The predicted octanol–water partition coefficient (Wildman–Crippen LogP) is 4.06. The zero-order chi connectivity index (χ0) is 25.1. The van der Waals surface area contributed by atoms with Gasteiger partial charge in [-0.05, 0) is 29.3 Å². The Labute approximate surface area is 216 Å². The third kappa shape index (κ3) is 5.00. The SMILES string of the molecule is COc1cc(-c2cccc(-c3ccc4c(c3)OCCO4)c2Cl)ccc1CN1CCN(C(=O)CN)CC1. The maximum absolute atomic E-state index is 11.8. The molecule has 0 bridgehead atoms. The van der Waals surface area contributed by atoms with Crippen LogP contribution in [0.15, 0.2) is 54.6 Å². The largest absolute Gasteiger partial charge is 0.496 e. The van der Waals surface area contributed by atoms with Crippen LogP contribution in [0.4, 0.5) is 0 Å². The standard InChI is InChI=1S/C28H30ClN3O4/c1-34-25-15-19(5-6-21(25)18-31-9-11-32(12-10-31)27(33)17-30)22-3-2-4-23(28(22)29)20-7-8-24-26(16-20)36-14-13-35-24/h2-8,15-16H,9-14,17-18,30H2,1H3. The van der Waals surface area contributed by atoms with Gasteiger partial charge < -0.3 is 24.8 Å². The lowest BCUT2D eigenvalue weighted by Crippen LogP contribution is -2.49. The summed E-state index contributed by atoms with van der Waals surface area (Å²) in [7, 11) is 1.69. The van der Waals surface area contributed by atoms with Crippen molar-refractivity contribution in [1.29, 1.82) is 0 Å². The average Bonchev–Trinajstić information content (AvgIpc) is 2.93. The Balaban J connectivity index is 1.37. The molecule has 7 nitrogen and oxygen atoms in total. The van der Waals surface area contributed by atoms with Gasteiger partial charge in [0, 0.05) is 49.4 Å². The molecule has 0 aromatic heterocycles. The van der Waals surface area contributed by atoms with Crippen LogP contribution in [-0.2, 0) is 11.3 Å². The zero-order valence-electron chi connectivity index (χ0n) is 20.3. The number of fused-ring (bicyclic) bond motifs is 1. The zero-order valence-corrected chi connectivity index (χ0v) is 21.1. The molecule has 0 spiro atoms. The average molecular weight is 508 g/mol. The Kier molecular flexibility index (Phi) is 7.32. The third-order valence-corrected chi connectivity index (χ3v) is 7.15. The van der Waals surface area contributed by atoms with Gasteiger partial charge in [-0.25, -0.2) is 0 Å². The quantitative estimate of drug-likeness (QED) is 0.542. The molecule has 8 heteroatoms. The summed E-state index contributed by atoms with van der Waals surface area (Å²) in [4.78, 5) is 16.0. The van der Waals surface area contributed by atoms with Crippen LogP contribution < -0.4 is 19.9 Å². The van der Waals surface area contributed by atoms with Gasteiger partial charge in [0.1, 0.15) is 19.0 Å². The molecule has 1 saturated heterocycles. The number of piperazine rings is 1. The molecular formula is C28H30ClN3O4. The number of carbonyl (C=O) groups is 1. The molecule has 2 aliphatic heterocycles. The first-order valence-corrected chi connectivity index (χ1v) is 12.5. The molecule has 2 aliphatic rings. The highest BCUT2D eigenvalue weighted by Gasteiger charge is 2.21. The molecule has 2 heterocycles. The fourth-order valence-electron chi connectivity index (χ4n) is 4.76. The normalized spacial score (nSPS) is 15.6. The second-order valence-corrected chi connectivity index (χ2v) is 9.29. The summed E-state index contributed by atoms with van der Waals surface area (Å²) in [6.07, 6.45) is 0. The highest BCUT2D eigenvalue weighted by molar-refractivity contribution is 6.36. The van der Waals surface area contributed by atoms with Crippen molar-refractivity contribution in [2.24, 2.45) is 5.73 Å². The number of amides is 1. The number of hydrogen-bond acceptors (Lipinski definition) is 6. The van der Waals surface area contributed by atoms with Crippen molar-refractivity contribution >= 4 is 17.5 Å². The number of halogens is 1. The van der Waals surface area contributed by atoms with E-state index in [4.69, 9.17) is 31.5 Å². The van der Waals surface area contributed by atoms with Crippen molar-refractivity contribution in [3.63, 3.8) is 0 Å². The van der Waals surface area contributed by atoms with Crippen LogP contribution in [-0.4, -0.2) is 68.8 Å². The van der Waals surface area contributed by atoms with Gasteiger partial charge in [-0.15, -0.1) is 0 Å². The summed E-state index contributed by atoms with van der Waals surface area (Å²) < 4.78 is 17.2. The van der Waals surface area contributed by atoms with Gasteiger partial charge in [0.15, 0.2) is 11.5 Å². The Bertz CT molecular complexity index is 1260. The predicted molar refractivity (Wildman–Crippen MR) is 141 cm³/mol. The molecule has 0 radical (unpaired) electrons. The van der Waals surface area contributed by atoms with Crippen molar-refractivity contribution in [3.05, 3.63) is 65.2 Å². The molecule has 5 rings (SSSR count). The van der Waals surface area contributed by atoms with Crippen LogP contribution in [0, 0.1) is 0 Å². The van der Waals surface area contributed by atoms with E-state index >= 15 is 0 Å². The second kappa shape index (κ2) is 10.8. The summed E-state index contributed by atoms with van der Waals surface area (Å²) in [5.74, 6) is 2.31. The Morgan fingerprint density at radius 3 is 2.31 bits per heavy atom. The summed E-state index contributed by atoms with van der Waals surface area (Å²) in [5.41, 5.74) is 10.4. The van der Waals surface area contributed by atoms with E-state index in [1.54, 1.807) is 7.11 Å². The van der Waals surface area contributed by atoms with E-state index < -0.39 is 0 Å². The first kappa shape index (κ1) is 24.4. The number of nitrogens with two attached hydrogens (primary N) is 1.